The summed E-state index contributed by atoms with van der Waals surface area (Å²) in [7, 11) is 0. The van der Waals surface area contributed by atoms with E-state index in [2.05, 4.69) is 22.0 Å². The van der Waals surface area contributed by atoms with Crippen LogP contribution in [0.5, 0.6) is 0 Å². The largest absolute Gasteiger partial charge is 0.381 e. The van der Waals surface area contributed by atoms with Crippen LogP contribution >= 0.6 is 24.0 Å². The number of nitrogens with zero attached hydrogens (tertiary/aromatic N) is 3. The van der Waals surface area contributed by atoms with Crippen LogP contribution < -0.4 is 5.32 Å². The van der Waals surface area contributed by atoms with Gasteiger partial charge in [-0.3, -0.25) is 9.89 Å². The third-order valence-electron chi connectivity index (χ3n) is 5.86. The smallest absolute Gasteiger partial charge is 0.193 e. The van der Waals surface area contributed by atoms with Crippen molar-refractivity contribution in [1.29, 1.82) is 0 Å². The summed E-state index contributed by atoms with van der Waals surface area (Å²) in [6, 6.07) is 0.726. The van der Waals surface area contributed by atoms with E-state index < -0.39 is 0 Å². The standard InChI is InChI=1S/C20H38N4O2.HI/c1-2-21-20(24-12-6-19(16-24)23-10-3-4-11-23)22-9-5-13-26-17-18-7-14-25-15-8-18;/h18-19H,2-17H2,1H3,(H,21,22);1H. The van der Waals surface area contributed by atoms with Crippen LogP contribution in [0, 0.1) is 5.92 Å². The maximum atomic E-state index is 5.86. The zero-order valence-electron chi connectivity index (χ0n) is 17.0. The normalized spacial score (nSPS) is 25.0. The van der Waals surface area contributed by atoms with Crippen molar-refractivity contribution in [2.45, 2.75) is 51.5 Å². The van der Waals surface area contributed by atoms with Crippen molar-refractivity contribution in [1.82, 2.24) is 15.1 Å². The maximum absolute atomic E-state index is 5.86. The molecule has 1 N–H and O–H groups in total. The summed E-state index contributed by atoms with van der Waals surface area (Å²) in [4.78, 5) is 9.98. The van der Waals surface area contributed by atoms with Gasteiger partial charge in [-0.1, -0.05) is 0 Å². The summed E-state index contributed by atoms with van der Waals surface area (Å²) < 4.78 is 11.3. The summed E-state index contributed by atoms with van der Waals surface area (Å²) in [6.45, 7) is 12.3. The first-order valence-corrected chi connectivity index (χ1v) is 10.8. The van der Waals surface area contributed by atoms with Crippen molar-refractivity contribution in [3.8, 4) is 0 Å². The van der Waals surface area contributed by atoms with Crippen LogP contribution in [-0.4, -0.2) is 87.5 Å². The van der Waals surface area contributed by atoms with E-state index in [1.807, 2.05) is 0 Å². The van der Waals surface area contributed by atoms with E-state index in [0.717, 1.165) is 83.9 Å². The van der Waals surface area contributed by atoms with Gasteiger partial charge in [0.25, 0.3) is 0 Å². The van der Waals surface area contributed by atoms with E-state index in [-0.39, 0.29) is 24.0 Å². The highest BCUT2D eigenvalue weighted by molar-refractivity contribution is 14.0. The molecular formula is C20H39IN4O2. The number of ether oxygens (including phenoxy) is 2. The van der Waals surface area contributed by atoms with Crippen LogP contribution in [-0.2, 0) is 9.47 Å². The molecule has 3 fully saturated rings. The lowest BCUT2D eigenvalue weighted by Gasteiger charge is -2.25. The van der Waals surface area contributed by atoms with Gasteiger partial charge in [0.15, 0.2) is 5.96 Å². The van der Waals surface area contributed by atoms with E-state index in [1.54, 1.807) is 0 Å². The van der Waals surface area contributed by atoms with Gasteiger partial charge in [0, 0.05) is 58.6 Å². The first-order valence-electron chi connectivity index (χ1n) is 10.8. The Hall–Kier alpha value is -0.120. The Morgan fingerprint density at radius 3 is 2.67 bits per heavy atom. The molecule has 1 atom stereocenters. The molecule has 0 aromatic rings. The van der Waals surface area contributed by atoms with Gasteiger partial charge in [0.05, 0.1) is 0 Å². The van der Waals surface area contributed by atoms with Gasteiger partial charge in [-0.15, -0.1) is 24.0 Å². The summed E-state index contributed by atoms with van der Waals surface area (Å²) in [5.41, 5.74) is 0. The van der Waals surface area contributed by atoms with Crippen LogP contribution in [0.15, 0.2) is 4.99 Å². The molecule has 0 aliphatic carbocycles. The number of likely N-dealkylation sites (tertiary alicyclic amines) is 2. The lowest BCUT2D eigenvalue weighted by atomic mass is 10.0. The van der Waals surface area contributed by atoms with Crippen LogP contribution in [0.2, 0.25) is 0 Å². The van der Waals surface area contributed by atoms with Crippen molar-refractivity contribution in [2.24, 2.45) is 10.9 Å². The van der Waals surface area contributed by atoms with Crippen molar-refractivity contribution in [2.75, 3.05) is 65.7 Å². The lowest BCUT2D eigenvalue weighted by Crippen LogP contribution is -2.42. The van der Waals surface area contributed by atoms with Gasteiger partial charge in [-0.05, 0) is 64.5 Å². The van der Waals surface area contributed by atoms with Crippen molar-refractivity contribution in [3.05, 3.63) is 0 Å². The van der Waals surface area contributed by atoms with Crippen molar-refractivity contribution >= 4 is 29.9 Å². The van der Waals surface area contributed by atoms with E-state index in [9.17, 15) is 0 Å². The van der Waals surface area contributed by atoms with Gasteiger partial charge in [0.1, 0.15) is 0 Å². The summed E-state index contributed by atoms with van der Waals surface area (Å²) in [5, 5.41) is 3.48. The molecule has 7 heteroatoms. The fraction of sp³-hybridized carbons (Fsp3) is 0.950. The van der Waals surface area contributed by atoms with E-state index >= 15 is 0 Å². The molecule has 0 aromatic carbocycles. The monoisotopic (exact) mass is 494 g/mol. The summed E-state index contributed by atoms with van der Waals surface area (Å²) in [6.07, 6.45) is 7.32. The Balaban J connectivity index is 0.00000261. The number of rotatable bonds is 8. The third-order valence-corrected chi connectivity index (χ3v) is 5.86. The van der Waals surface area contributed by atoms with Gasteiger partial charge in [-0.2, -0.15) is 0 Å². The fourth-order valence-electron chi connectivity index (χ4n) is 4.28. The Labute approximate surface area is 182 Å². The van der Waals surface area contributed by atoms with E-state index in [1.165, 1.54) is 32.4 Å². The van der Waals surface area contributed by atoms with Crippen molar-refractivity contribution in [3.63, 3.8) is 0 Å². The molecule has 3 rings (SSSR count). The highest BCUT2D eigenvalue weighted by Crippen LogP contribution is 2.20. The number of aliphatic imine (C=N–C) groups is 1. The Morgan fingerprint density at radius 1 is 1.15 bits per heavy atom. The zero-order chi connectivity index (χ0) is 18.0. The van der Waals surface area contributed by atoms with Gasteiger partial charge < -0.3 is 19.7 Å². The molecule has 6 nitrogen and oxygen atoms in total. The molecule has 27 heavy (non-hydrogen) atoms. The molecule has 3 saturated heterocycles. The molecule has 0 saturated carbocycles. The summed E-state index contributed by atoms with van der Waals surface area (Å²) >= 11 is 0. The number of hydrogen-bond donors (Lipinski definition) is 1. The molecule has 0 radical (unpaired) electrons. The predicted molar refractivity (Wildman–Crippen MR) is 121 cm³/mol. The molecule has 0 spiro atoms. The third kappa shape index (κ3) is 7.66. The average molecular weight is 494 g/mol. The SMILES string of the molecule is CCNC(=NCCCOCC1CCOCC1)N1CCC(N2CCCC2)C1.I. The highest BCUT2D eigenvalue weighted by Gasteiger charge is 2.30. The molecule has 3 aliphatic rings. The minimum absolute atomic E-state index is 0. The molecule has 0 bridgehead atoms. The molecule has 0 amide bonds. The molecule has 3 heterocycles. The Kier molecular flexibility index (Phi) is 11.3. The molecule has 158 valence electrons. The number of guanidine groups is 1. The quantitative estimate of drug-likeness (QED) is 0.243. The Morgan fingerprint density at radius 2 is 1.93 bits per heavy atom. The first-order chi connectivity index (χ1) is 12.9. The Bertz CT molecular complexity index is 426. The summed E-state index contributed by atoms with van der Waals surface area (Å²) in [5.74, 6) is 1.79. The molecular weight excluding hydrogens is 455 g/mol. The second-order valence-corrected chi connectivity index (χ2v) is 7.85. The average Bonchev–Trinajstić information content (AvgIpc) is 3.36. The van der Waals surface area contributed by atoms with Gasteiger partial charge in [-0.25, -0.2) is 0 Å². The zero-order valence-corrected chi connectivity index (χ0v) is 19.4. The topological polar surface area (TPSA) is 49.3 Å². The van der Waals surface area contributed by atoms with Gasteiger partial charge in [0.2, 0.25) is 0 Å². The molecule has 0 aromatic heterocycles. The van der Waals surface area contributed by atoms with Crippen LogP contribution in [0.1, 0.15) is 45.4 Å². The molecule has 1 unspecified atom stereocenters. The maximum Gasteiger partial charge on any atom is 0.193 e. The van der Waals surface area contributed by atoms with Crippen LogP contribution in [0.25, 0.3) is 0 Å². The first kappa shape index (κ1) is 23.2. The fourth-order valence-corrected chi connectivity index (χ4v) is 4.28. The van der Waals surface area contributed by atoms with Gasteiger partial charge >= 0.3 is 0 Å². The lowest BCUT2D eigenvalue weighted by molar-refractivity contribution is 0.0205. The number of hydrogen-bond acceptors (Lipinski definition) is 4. The van der Waals surface area contributed by atoms with E-state index in [4.69, 9.17) is 14.5 Å². The second kappa shape index (κ2) is 13.2. The minimum atomic E-state index is 0. The second-order valence-electron chi connectivity index (χ2n) is 7.85. The predicted octanol–water partition coefficient (Wildman–Crippen LogP) is 2.57. The van der Waals surface area contributed by atoms with Crippen LogP contribution in [0.4, 0.5) is 0 Å². The van der Waals surface area contributed by atoms with E-state index in [0.29, 0.717) is 5.92 Å². The van der Waals surface area contributed by atoms with Crippen LogP contribution in [0.3, 0.4) is 0 Å². The highest BCUT2D eigenvalue weighted by atomic mass is 127. The van der Waals surface area contributed by atoms with Crippen molar-refractivity contribution < 1.29 is 9.47 Å². The number of nitrogens with one attached hydrogen (secondary N) is 1. The molecule has 3 aliphatic heterocycles. The number of halogens is 1. The minimum Gasteiger partial charge on any atom is -0.381 e.